The molecule has 1 aliphatic rings. The summed E-state index contributed by atoms with van der Waals surface area (Å²) < 4.78 is 1.89. The quantitative estimate of drug-likeness (QED) is 0.337. The van der Waals surface area contributed by atoms with Crippen molar-refractivity contribution in [1.82, 2.24) is 14.8 Å². The summed E-state index contributed by atoms with van der Waals surface area (Å²) in [5.41, 5.74) is 5.47. The topological polar surface area (TPSA) is 71.8 Å². The highest BCUT2D eigenvalue weighted by Gasteiger charge is 2.42. The number of rotatable bonds is 6. The Labute approximate surface area is 210 Å². The summed E-state index contributed by atoms with van der Waals surface area (Å²) in [4.78, 5) is 18.4. The van der Waals surface area contributed by atoms with Crippen molar-refractivity contribution in [3.63, 3.8) is 0 Å². The third kappa shape index (κ3) is 5.10. The molecule has 0 fully saturated rings. The van der Waals surface area contributed by atoms with Gasteiger partial charge in [0.05, 0.1) is 12.0 Å². The summed E-state index contributed by atoms with van der Waals surface area (Å²) in [6.45, 7) is 6.20. The molecule has 0 spiro atoms. The van der Waals surface area contributed by atoms with Gasteiger partial charge in [-0.2, -0.15) is 4.98 Å². The first-order valence-electron chi connectivity index (χ1n) is 11.8. The van der Waals surface area contributed by atoms with Crippen molar-refractivity contribution in [2.45, 2.75) is 43.8 Å². The molecule has 0 unspecified atom stereocenters. The molecule has 0 saturated carbocycles. The van der Waals surface area contributed by atoms with Crippen LogP contribution in [-0.2, 0) is 10.5 Å². The molecule has 4 aromatic rings. The minimum absolute atomic E-state index is 0.0445. The van der Waals surface area contributed by atoms with E-state index in [0.717, 1.165) is 17.0 Å². The number of para-hydroxylation sites is 1. The molecule has 1 aliphatic heterocycles. The second-order valence-electron chi connectivity index (χ2n) is 9.11. The van der Waals surface area contributed by atoms with Crippen LogP contribution in [0.5, 0.6) is 0 Å². The predicted octanol–water partition coefficient (Wildman–Crippen LogP) is 5.85. The molecular formula is C28H29N5OS. The zero-order valence-corrected chi connectivity index (χ0v) is 20.9. The highest BCUT2D eigenvalue weighted by molar-refractivity contribution is 7.98. The molecule has 0 bridgehead atoms. The maximum absolute atomic E-state index is 13.6. The molecule has 0 aliphatic carbocycles. The molecule has 7 heteroatoms. The Morgan fingerprint density at radius 3 is 2.51 bits per heavy atom. The van der Waals surface area contributed by atoms with E-state index < -0.39 is 0 Å². The van der Waals surface area contributed by atoms with Crippen LogP contribution < -0.4 is 10.6 Å². The number of hydrogen-bond acceptors (Lipinski definition) is 5. The van der Waals surface area contributed by atoms with Crippen LogP contribution in [0.1, 0.15) is 35.2 Å². The predicted molar refractivity (Wildman–Crippen MR) is 142 cm³/mol. The van der Waals surface area contributed by atoms with Gasteiger partial charge < -0.3 is 10.6 Å². The van der Waals surface area contributed by atoms with Crippen molar-refractivity contribution in [3.05, 3.63) is 101 Å². The number of anilines is 2. The zero-order valence-electron chi connectivity index (χ0n) is 20.1. The normalized spacial score (nSPS) is 19.0. The fraction of sp³-hybridized carbons (Fsp3) is 0.250. The monoisotopic (exact) mass is 483 g/mol. The molecule has 2 heterocycles. The Kier molecular flexibility index (Phi) is 6.59. The molecule has 5 rings (SSSR count). The van der Waals surface area contributed by atoms with E-state index in [9.17, 15) is 4.79 Å². The number of nitrogens with zero attached hydrogens (tertiary/aromatic N) is 3. The number of carbonyl (C=O) groups is 1. The van der Waals surface area contributed by atoms with Gasteiger partial charge in [-0.25, -0.2) is 4.68 Å². The van der Waals surface area contributed by atoms with Crippen molar-refractivity contribution in [3.8, 4) is 0 Å². The van der Waals surface area contributed by atoms with Crippen LogP contribution in [0.25, 0.3) is 0 Å². The number of fused-ring (bicyclic) bond motifs is 1. The van der Waals surface area contributed by atoms with Gasteiger partial charge in [0.15, 0.2) is 0 Å². The Hall–Kier alpha value is -3.58. The summed E-state index contributed by atoms with van der Waals surface area (Å²) in [7, 11) is 0. The van der Waals surface area contributed by atoms with E-state index in [-0.39, 0.29) is 23.9 Å². The van der Waals surface area contributed by atoms with Gasteiger partial charge in [-0.05, 0) is 44.0 Å². The number of nitrogens with one attached hydrogen (secondary N) is 2. The van der Waals surface area contributed by atoms with E-state index >= 15 is 0 Å². The van der Waals surface area contributed by atoms with Crippen molar-refractivity contribution in [2.24, 2.45) is 5.92 Å². The molecule has 0 saturated heterocycles. The largest absolute Gasteiger partial charge is 0.351 e. The van der Waals surface area contributed by atoms with E-state index in [4.69, 9.17) is 10.1 Å². The number of hydrogen-bond donors (Lipinski definition) is 2. The van der Waals surface area contributed by atoms with Gasteiger partial charge >= 0.3 is 0 Å². The van der Waals surface area contributed by atoms with Crippen molar-refractivity contribution in [1.29, 1.82) is 0 Å². The lowest BCUT2D eigenvalue weighted by atomic mass is 9.85. The molecule has 35 heavy (non-hydrogen) atoms. The minimum Gasteiger partial charge on any atom is -0.351 e. The molecule has 3 atom stereocenters. The number of aryl methyl sites for hydroxylation is 2. The number of benzene rings is 3. The first-order valence-corrected chi connectivity index (χ1v) is 12.8. The van der Waals surface area contributed by atoms with E-state index in [1.165, 1.54) is 16.7 Å². The van der Waals surface area contributed by atoms with Crippen molar-refractivity contribution in [2.75, 3.05) is 10.6 Å². The van der Waals surface area contributed by atoms with Gasteiger partial charge in [0.1, 0.15) is 0 Å². The third-order valence-corrected chi connectivity index (χ3v) is 7.23. The minimum atomic E-state index is -0.373. The van der Waals surface area contributed by atoms with E-state index in [1.54, 1.807) is 11.8 Å². The van der Waals surface area contributed by atoms with Crippen molar-refractivity contribution >= 4 is 29.3 Å². The molecule has 0 radical (unpaired) electrons. The van der Waals surface area contributed by atoms with Crippen LogP contribution in [0.3, 0.4) is 0 Å². The lowest BCUT2D eigenvalue weighted by Gasteiger charge is -2.36. The lowest BCUT2D eigenvalue weighted by Crippen LogP contribution is -2.46. The molecule has 2 N–H and O–H groups in total. The molecule has 6 nitrogen and oxygen atoms in total. The molecule has 1 amide bonds. The summed E-state index contributed by atoms with van der Waals surface area (Å²) >= 11 is 1.61. The maximum atomic E-state index is 13.6. The summed E-state index contributed by atoms with van der Waals surface area (Å²) in [6, 6.07) is 26.0. The van der Waals surface area contributed by atoms with Crippen LogP contribution in [0, 0.1) is 19.8 Å². The third-order valence-electron chi connectivity index (χ3n) is 6.32. The highest BCUT2D eigenvalue weighted by Crippen LogP contribution is 2.38. The van der Waals surface area contributed by atoms with Gasteiger partial charge in [0.2, 0.25) is 17.0 Å². The Morgan fingerprint density at radius 2 is 1.77 bits per heavy atom. The number of thioether (sulfide) groups is 1. The molecule has 1 aromatic heterocycles. The summed E-state index contributed by atoms with van der Waals surface area (Å²) in [5.74, 6) is 1.06. The zero-order chi connectivity index (χ0) is 24.4. The van der Waals surface area contributed by atoms with Gasteiger partial charge in [-0.1, -0.05) is 89.6 Å². The first kappa shape index (κ1) is 23.2. The number of aromatic nitrogens is 3. The Balaban J connectivity index is 1.47. The SMILES string of the molecule is Cc1ccc([C@@H]2[C@H](C(=O)Nc3ccccc3)[C@H](C)Nc3nc(SCc4cccc(C)c4)nn32)cc1. The Morgan fingerprint density at radius 1 is 1.00 bits per heavy atom. The second-order valence-corrected chi connectivity index (χ2v) is 10.1. The molecule has 178 valence electrons. The van der Waals surface area contributed by atoms with Crippen LogP contribution in [0.4, 0.5) is 11.6 Å². The van der Waals surface area contributed by atoms with Gasteiger partial charge in [0, 0.05) is 17.5 Å². The second kappa shape index (κ2) is 9.96. The summed E-state index contributed by atoms with van der Waals surface area (Å²) in [6.07, 6.45) is 0. The maximum Gasteiger partial charge on any atom is 0.232 e. The molecule has 3 aromatic carbocycles. The van der Waals surface area contributed by atoms with Crippen LogP contribution in [0.15, 0.2) is 84.0 Å². The van der Waals surface area contributed by atoms with Crippen LogP contribution in [0.2, 0.25) is 0 Å². The fourth-order valence-electron chi connectivity index (χ4n) is 4.56. The van der Waals surface area contributed by atoms with Crippen LogP contribution >= 0.6 is 11.8 Å². The smallest absolute Gasteiger partial charge is 0.232 e. The number of carbonyl (C=O) groups excluding carboxylic acids is 1. The fourth-order valence-corrected chi connectivity index (χ4v) is 5.33. The highest BCUT2D eigenvalue weighted by atomic mass is 32.2. The standard InChI is InChI=1S/C28H29N5OS/c1-18-12-14-22(15-13-18)25-24(26(34)30-23-10-5-4-6-11-23)20(3)29-27-31-28(32-33(25)27)35-17-21-9-7-8-19(2)16-21/h4-16,20,24-25H,17H2,1-3H3,(H,30,34)(H,29,31,32)/t20-,24+,25+/m0/s1. The van der Waals surface area contributed by atoms with Crippen LogP contribution in [-0.4, -0.2) is 26.7 Å². The van der Waals surface area contributed by atoms with Gasteiger partial charge in [0.25, 0.3) is 0 Å². The van der Waals surface area contributed by atoms with Crippen molar-refractivity contribution < 1.29 is 4.79 Å². The summed E-state index contributed by atoms with van der Waals surface area (Å²) in [5, 5.41) is 12.1. The van der Waals surface area contributed by atoms with E-state index in [1.807, 2.05) is 41.9 Å². The first-order chi connectivity index (χ1) is 17.0. The molecular weight excluding hydrogens is 454 g/mol. The van der Waals surface area contributed by atoms with E-state index in [2.05, 4.69) is 73.0 Å². The van der Waals surface area contributed by atoms with Gasteiger partial charge in [-0.3, -0.25) is 4.79 Å². The van der Waals surface area contributed by atoms with Gasteiger partial charge in [-0.15, -0.1) is 5.10 Å². The average molecular weight is 484 g/mol. The van der Waals surface area contributed by atoms with E-state index in [0.29, 0.717) is 11.1 Å². The Bertz CT molecular complexity index is 1320. The lowest BCUT2D eigenvalue weighted by molar-refractivity contribution is -0.121. The number of amides is 1. The average Bonchev–Trinajstić information content (AvgIpc) is 3.25.